The topological polar surface area (TPSA) is 106 Å². The molecule has 0 aliphatic carbocycles. The zero-order valence-corrected chi connectivity index (χ0v) is 21.7. The third kappa shape index (κ3) is 5.28. The Balaban J connectivity index is 1.37. The smallest absolute Gasteiger partial charge is 0.286 e. The van der Waals surface area contributed by atoms with Crippen molar-refractivity contribution >= 4 is 27.8 Å². The minimum atomic E-state index is -0.614. The van der Waals surface area contributed by atoms with E-state index in [1.165, 1.54) is 0 Å². The number of carbonyl (C=O) groups excluding carboxylic acids is 1. The van der Waals surface area contributed by atoms with Crippen LogP contribution in [-0.2, 0) is 20.7 Å². The molecule has 0 saturated carbocycles. The van der Waals surface area contributed by atoms with E-state index in [0.717, 1.165) is 38.7 Å². The number of aliphatic hydroxyl groups is 1. The SMILES string of the molecule is CCO[C@@H]1OC(C(=O)NCCc2c[nH]c3ccc(OC)cc23)=C[C@H](c2coc3ccccc23)[C@H]1CCCO. The number of furan rings is 1. The standard InChI is InChI=1S/C30H34N2O6/c1-3-36-30-22(8-6-14-33)24(25-18-37-27-9-5-4-7-21(25)27)16-28(38-30)29(34)31-13-12-19-17-32-26-11-10-20(35-2)15-23(19)26/h4-5,7,9-11,15-18,22,24,30,32-33H,3,6,8,12-14H2,1-2H3,(H,31,34)/t22-,24+,30-/m1/s1. The van der Waals surface area contributed by atoms with Crippen molar-refractivity contribution in [2.45, 2.75) is 38.4 Å². The van der Waals surface area contributed by atoms with Crippen LogP contribution in [0.2, 0.25) is 0 Å². The Morgan fingerprint density at radius 2 is 2.05 bits per heavy atom. The maximum Gasteiger partial charge on any atom is 0.286 e. The fraction of sp³-hybridized carbons (Fsp3) is 0.367. The average molecular weight is 519 g/mol. The Hall–Kier alpha value is -3.75. The van der Waals surface area contributed by atoms with Crippen LogP contribution in [-0.4, -0.2) is 49.2 Å². The quantitative estimate of drug-likeness (QED) is 0.257. The fourth-order valence-electron chi connectivity index (χ4n) is 5.27. The van der Waals surface area contributed by atoms with Crippen LogP contribution < -0.4 is 10.1 Å². The third-order valence-corrected chi connectivity index (χ3v) is 7.16. The van der Waals surface area contributed by atoms with Crippen LogP contribution in [0.25, 0.3) is 21.9 Å². The summed E-state index contributed by atoms with van der Waals surface area (Å²) in [4.78, 5) is 16.6. The van der Waals surface area contributed by atoms with E-state index >= 15 is 0 Å². The molecular formula is C30H34N2O6. The number of benzene rings is 2. The lowest BCUT2D eigenvalue weighted by atomic mass is 9.80. The molecule has 38 heavy (non-hydrogen) atoms. The van der Waals surface area contributed by atoms with Crippen molar-refractivity contribution in [2.75, 3.05) is 26.9 Å². The highest BCUT2D eigenvalue weighted by molar-refractivity contribution is 5.92. The maximum absolute atomic E-state index is 13.3. The van der Waals surface area contributed by atoms with Crippen molar-refractivity contribution in [2.24, 2.45) is 5.92 Å². The van der Waals surface area contributed by atoms with E-state index in [1.54, 1.807) is 13.4 Å². The summed E-state index contributed by atoms with van der Waals surface area (Å²) in [6.07, 6.45) is 6.92. The number of methoxy groups -OCH3 is 1. The van der Waals surface area contributed by atoms with Crippen molar-refractivity contribution in [3.05, 3.63) is 77.9 Å². The van der Waals surface area contributed by atoms with E-state index in [2.05, 4.69) is 10.3 Å². The molecule has 0 unspecified atom stereocenters. The van der Waals surface area contributed by atoms with Gasteiger partial charge in [-0.3, -0.25) is 4.79 Å². The highest BCUT2D eigenvalue weighted by atomic mass is 16.7. The molecule has 1 amide bonds. The van der Waals surface area contributed by atoms with Crippen LogP contribution in [0.1, 0.15) is 36.8 Å². The normalized spacial score (nSPS) is 19.3. The molecule has 200 valence electrons. The van der Waals surface area contributed by atoms with E-state index in [9.17, 15) is 9.90 Å². The number of allylic oxidation sites excluding steroid dienone is 1. The molecule has 0 saturated heterocycles. The van der Waals surface area contributed by atoms with Gasteiger partial charge in [-0.15, -0.1) is 0 Å². The molecule has 3 N–H and O–H groups in total. The summed E-state index contributed by atoms with van der Waals surface area (Å²) in [5, 5.41) is 14.6. The average Bonchev–Trinajstić information content (AvgIpc) is 3.56. The van der Waals surface area contributed by atoms with Gasteiger partial charge >= 0.3 is 0 Å². The summed E-state index contributed by atoms with van der Waals surface area (Å²) >= 11 is 0. The molecular weight excluding hydrogens is 484 g/mol. The van der Waals surface area contributed by atoms with Crippen molar-refractivity contribution in [1.82, 2.24) is 10.3 Å². The van der Waals surface area contributed by atoms with Gasteiger partial charge in [0.2, 0.25) is 6.29 Å². The number of hydrogen-bond acceptors (Lipinski definition) is 6. The monoisotopic (exact) mass is 518 g/mol. The summed E-state index contributed by atoms with van der Waals surface area (Å²) < 4.78 is 23.3. The Morgan fingerprint density at radius 3 is 2.87 bits per heavy atom. The summed E-state index contributed by atoms with van der Waals surface area (Å²) in [6, 6.07) is 13.8. The minimum absolute atomic E-state index is 0.0744. The highest BCUT2D eigenvalue weighted by Gasteiger charge is 2.39. The lowest BCUT2D eigenvalue weighted by Crippen LogP contribution is -2.39. The van der Waals surface area contributed by atoms with Gasteiger partial charge in [0.1, 0.15) is 11.3 Å². The van der Waals surface area contributed by atoms with E-state index in [-0.39, 0.29) is 30.1 Å². The fourth-order valence-corrected chi connectivity index (χ4v) is 5.27. The third-order valence-electron chi connectivity index (χ3n) is 7.16. The van der Waals surface area contributed by atoms with Gasteiger partial charge in [-0.25, -0.2) is 0 Å². The first-order valence-electron chi connectivity index (χ1n) is 13.1. The Kier molecular flexibility index (Phi) is 8.00. The number of nitrogens with one attached hydrogen (secondary N) is 2. The van der Waals surface area contributed by atoms with Crippen LogP contribution in [0.5, 0.6) is 5.75 Å². The van der Waals surface area contributed by atoms with Crippen molar-refractivity contribution < 1.29 is 28.5 Å². The largest absolute Gasteiger partial charge is 0.497 e. The Bertz CT molecular complexity index is 1420. The lowest BCUT2D eigenvalue weighted by Gasteiger charge is -2.36. The first-order valence-corrected chi connectivity index (χ1v) is 13.1. The molecule has 0 radical (unpaired) electrons. The van der Waals surface area contributed by atoms with Gasteiger partial charge in [-0.1, -0.05) is 18.2 Å². The number of aromatic nitrogens is 1. The summed E-state index contributed by atoms with van der Waals surface area (Å²) in [7, 11) is 1.65. The molecule has 4 aromatic rings. The van der Waals surface area contributed by atoms with Gasteiger partial charge in [0, 0.05) is 59.6 Å². The summed E-state index contributed by atoms with van der Waals surface area (Å²) in [6.45, 7) is 2.86. The number of fused-ring (bicyclic) bond motifs is 2. The molecule has 3 heterocycles. The molecule has 0 bridgehead atoms. The van der Waals surface area contributed by atoms with Gasteiger partial charge in [0.25, 0.3) is 5.91 Å². The van der Waals surface area contributed by atoms with Crippen LogP contribution in [0.15, 0.2) is 71.2 Å². The molecule has 1 aliphatic rings. The van der Waals surface area contributed by atoms with Gasteiger partial charge in [0.05, 0.1) is 13.4 Å². The molecule has 2 aromatic carbocycles. The van der Waals surface area contributed by atoms with Gasteiger partial charge in [-0.05, 0) is 62.1 Å². The van der Waals surface area contributed by atoms with Crippen LogP contribution in [0.4, 0.5) is 0 Å². The molecule has 5 rings (SSSR count). The number of rotatable bonds is 11. The first-order chi connectivity index (χ1) is 18.6. The lowest BCUT2D eigenvalue weighted by molar-refractivity contribution is -0.166. The van der Waals surface area contributed by atoms with Crippen molar-refractivity contribution in [3.8, 4) is 5.75 Å². The van der Waals surface area contributed by atoms with Crippen LogP contribution >= 0.6 is 0 Å². The second-order valence-electron chi connectivity index (χ2n) is 9.45. The number of para-hydroxylation sites is 1. The summed E-state index contributed by atoms with van der Waals surface area (Å²) in [5.41, 5.74) is 3.89. The highest BCUT2D eigenvalue weighted by Crippen LogP contribution is 2.42. The number of carbonyl (C=O) groups is 1. The van der Waals surface area contributed by atoms with Gasteiger partial charge in [-0.2, -0.15) is 0 Å². The second kappa shape index (κ2) is 11.8. The molecule has 1 aliphatic heterocycles. The number of amides is 1. The van der Waals surface area contributed by atoms with E-state index in [1.807, 2.05) is 61.7 Å². The summed E-state index contributed by atoms with van der Waals surface area (Å²) in [5.74, 6) is 0.488. The number of aliphatic hydroxyl groups excluding tert-OH is 1. The molecule has 2 aromatic heterocycles. The molecule has 3 atom stereocenters. The Labute approximate surface area is 221 Å². The van der Waals surface area contributed by atoms with E-state index in [4.69, 9.17) is 18.6 Å². The first kappa shape index (κ1) is 25.9. The molecule has 8 heteroatoms. The maximum atomic E-state index is 13.3. The van der Waals surface area contributed by atoms with Gasteiger partial charge < -0.3 is 34.0 Å². The predicted octanol–water partition coefficient (Wildman–Crippen LogP) is 5.03. The van der Waals surface area contributed by atoms with Crippen molar-refractivity contribution in [1.29, 1.82) is 0 Å². The zero-order chi connectivity index (χ0) is 26.5. The van der Waals surface area contributed by atoms with Crippen molar-refractivity contribution in [3.63, 3.8) is 0 Å². The van der Waals surface area contributed by atoms with E-state index < -0.39 is 6.29 Å². The number of H-pyrrole nitrogens is 1. The molecule has 0 fully saturated rings. The zero-order valence-electron chi connectivity index (χ0n) is 21.7. The van der Waals surface area contributed by atoms with Crippen LogP contribution in [0, 0.1) is 5.92 Å². The molecule has 8 nitrogen and oxygen atoms in total. The Morgan fingerprint density at radius 1 is 1.18 bits per heavy atom. The molecule has 0 spiro atoms. The number of hydrogen-bond donors (Lipinski definition) is 3. The second-order valence-corrected chi connectivity index (χ2v) is 9.45. The number of ether oxygens (including phenoxy) is 3. The minimum Gasteiger partial charge on any atom is -0.497 e. The van der Waals surface area contributed by atoms with E-state index in [0.29, 0.717) is 32.4 Å². The number of aromatic amines is 1. The van der Waals surface area contributed by atoms with Gasteiger partial charge in [0.15, 0.2) is 5.76 Å². The van der Waals surface area contributed by atoms with Crippen LogP contribution in [0.3, 0.4) is 0 Å². The predicted molar refractivity (Wildman–Crippen MR) is 145 cm³/mol.